The van der Waals surface area contributed by atoms with Gasteiger partial charge in [-0.15, -0.1) is 0 Å². The Balaban J connectivity index is 2.15. The first kappa shape index (κ1) is 16.0. The number of rotatable bonds is 5. The van der Waals surface area contributed by atoms with E-state index in [4.69, 9.17) is 11.6 Å². The van der Waals surface area contributed by atoms with Gasteiger partial charge in [-0.25, -0.2) is 12.7 Å². The molecule has 0 amide bonds. The third-order valence-corrected chi connectivity index (χ3v) is 5.33. The van der Waals surface area contributed by atoms with Crippen molar-refractivity contribution < 1.29 is 8.42 Å². The predicted octanol–water partition coefficient (Wildman–Crippen LogP) is 3.51. The average molecular weight is 324 g/mol. The van der Waals surface area contributed by atoms with E-state index < -0.39 is 10.0 Å². The largest absolute Gasteiger partial charge is 0.242 e. The molecule has 0 aliphatic rings. The zero-order chi connectivity index (χ0) is 15.5. The van der Waals surface area contributed by atoms with Gasteiger partial charge in [-0.1, -0.05) is 41.9 Å². The molecule has 0 unspecified atom stereocenters. The van der Waals surface area contributed by atoms with Crippen molar-refractivity contribution in [2.24, 2.45) is 0 Å². The van der Waals surface area contributed by atoms with Gasteiger partial charge in [0, 0.05) is 18.6 Å². The summed E-state index contributed by atoms with van der Waals surface area (Å²) in [5, 5.41) is 0.435. The molecule has 0 atom stereocenters. The van der Waals surface area contributed by atoms with Gasteiger partial charge in [0.15, 0.2) is 0 Å². The molecule has 0 N–H and O–H groups in total. The molecule has 0 saturated carbocycles. The molecule has 5 heteroatoms. The van der Waals surface area contributed by atoms with Crippen molar-refractivity contribution in [2.75, 3.05) is 13.6 Å². The molecule has 0 heterocycles. The minimum Gasteiger partial charge on any atom is -0.207 e. The van der Waals surface area contributed by atoms with Crippen molar-refractivity contribution in [3.05, 3.63) is 64.7 Å². The summed E-state index contributed by atoms with van der Waals surface area (Å²) in [6.07, 6.45) is 0.677. The quantitative estimate of drug-likeness (QED) is 0.844. The van der Waals surface area contributed by atoms with Crippen LogP contribution in [0.1, 0.15) is 11.1 Å². The van der Waals surface area contributed by atoms with Crippen LogP contribution >= 0.6 is 11.6 Å². The van der Waals surface area contributed by atoms with Crippen molar-refractivity contribution in [2.45, 2.75) is 18.2 Å². The second kappa shape index (κ2) is 6.60. The highest BCUT2D eigenvalue weighted by atomic mass is 35.5. The van der Waals surface area contributed by atoms with E-state index in [1.807, 2.05) is 37.3 Å². The van der Waals surface area contributed by atoms with Crippen molar-refractivity contribution in [1.82, 2.24) is 4.31 Å². The van der Waals surface area contributed by atoms with Crippen LogP contribution < -0.4 is 0 Å². The Morgan fingerprint density at radius 2 is 1.76 bits per heavy atom. The molecule has 3 nitrogen and oxygen atoms in total. The minimum absolute atomic E-state index is 0.239. The molecule has 0 bridgehead atoms. The fraction of sp³-hybridized carbons (Fsp3) is 0.250. The third-order valence-electron chi connectivity index (χ3n) is 3.28. The lowest BCUT2D eigenvalue weighted by Crippen LogP contribution is -2.29. The summed E-state index contributed by atoms with van der Waals surface area (Å²) in [5.41, 5.74) is 1.94. The Bertz CT molecular complexity index is 694. The molecule has 0 aliphatic carbocycles. The van der Waals surface area contributed by atoms with Gasteiger partial charge < -0.3 is 0 Å². The second-order valence-electron chi connectivity index (χ2n) is 5.03. The number of hydrogen-bond acceptors (Lipinski definition) is 2. The maximum absolute atomic E-state index is 12.5. The Morgan fingerprint density at radius 3 is 2.38 bits per heavy atom. The molecule has 0 radical (unpaired) electrons. The molecule has 2 aromatic rings. The van der Waals surface area contributed by atoms with Gasteiger partial charge in [0.05, 0.1) is 4.90 Å². The van der Waals surface area contributed by atoms with E-state index >= 15 is 0 Å². The fourth-order valence-corrected chi connectivity index (χ4v) is 3.74. The lowest BCUT2D eigenvalue weighted by atomic mass is 10.2. The summed E-state index contributed by atoms with van der Waals surface area (Å²) in [7, 11) is -1.91. The van der Waals surface area contributed by atoms with E-state index in [-0.39, 0.29) is 4.90 Å². The van der Waals surface area contributed by atoms with E-state index in [2.05, 4.69) is 0 Å². The predicted molar refractivity (Wildman–Crippen MR) is 86.2 cm³/mol. The zero-order valence-electron chi connectivity index (χ0n) is 12.1. The zero-order valence-corrected chi connectivity index (χ0v) is 13.7. The van der Waals surface area contributed by atoms with Crippen LogP contribution in [0.2, 0.25) is 5.02 Å². The van der Waals surface area contributed by atoms with Crippen LogP contribution in [0.25, 0.3) is 0 Å². The lowest BCUT2D eigenvalue weighted by molar-refractivity contribution is 0.472. The van der Waals surface area contributed by atoms with Crippen LogP contribution in [-0.4, -0.2) is 26.3 Å². The summed E-state index contributed by atoms with van der Waals surface area (Å²) in [6.45, 7) is 2.26. The SMILES string of the molecule is Cc1cc(Cl)cc(S(=O)(=O)N(C)CCc2ccccc2)c1. The highest BCUT2D eigenvalue weighted by molar-refractivity contribution is 7.89. The Hall–Kier alpha value is -1.36. The molecule has 2 aromatic carbocycles. The number of benzene rings is 2. The maximum atomic E-state index is 12.5. The first-order valence-electron chi connectivity index (χ1n) is 6.67. The highest BCUT2D eigenvalue weighted by Crippen LogP contribution is 2.21. The van der Waals surface area contributed by atoms with Crippen molar-refractivity contribution >= 4 is 21.6 Å². The minimum atomic E-state index is -3.51. The Kier molecular flexibility index (Phi) is 5.04. The number of aryl methyl sites for hydroxylation is 1. The van der Waals surface area contributed by atoms with Gasteiger partial charge in [-0.05, 0) is 42.7 Å². The number of nitrogens with zero attached hydrogens (tertiary/aromatic N) is 1. The van der Waals surface area contributed by atoms with Crippen LogP contribution in [0.4, 0.5) is 0 Å². The van der Waals surface area contributed by atoms with Gasteiger partial charge in [-0.2, -0.15) is 0 Å². The number of likely N-dealkylation sites (N-methyl/N-ethyl adjacent to an activating group) is 1. The van der Waals surface area contributed by atoms with Gasteiger partial charge in [0.2, 0.25) is 10.0 Å². The van der Waals surface area contributed by atoms with Crippen LogP contribution in [0, 0.1) is 6.92 Å². The Labute approximate surface area is 131 Å². The van der Waals surface area contributed by atoms with Crippen LogP contribution in [-0.2, 0) is 16.4 Å². The summed E-state index contributed by atoms with van der Waals surface area (Å²) in [6, 6.07) is 14.7. The van der Waals surface area contributed by atoms with E-state index in [0.29, 0.717) is 18.0 Å². The fourth-order valence-electron chi connectivity index (χ4n) is 2.08. The Morgan fingerprint density at radius 1 is 1.10 bits per heavy atom. The molecule has 112 valence electrons. The lowest BCUT2D eigenvalue weighted by Gasteiger charge is -2.17. The van der Waals surface area contributed by atoms with E-state index in [1.54, 1.807) is 19.2 Å². The van der Waals surface area contributed by atoms with Gasteiger partial charge in [-0.3, -0.25) is 0 Å². The maximum Gasteiger partial charge on any atom is 0.242 e. The first-order chi connectivity index (χ1) is 9.89. The van der Waals surface area contributed by atoms with Crippen molar-refractivity contribution in [3.8, 4) is 0 Å². The van der Waals surface area contributed by atoms with Gasteiger partial charge >= 0.3 is 0 Å². The van der Waals surface area contributed by atoms with Gasteiger partial charge in [0.25, 0.3) is 0 Å². The summed E-state index contributed by atoms with van der Waals surface area (Å²) >= 11 is 5.95. The van der Waals surface area contributed by atoms with Crippen LogP contribution in [0.15, 0.2) is 53.4 Å². The van der Waals surface area contributed by atoms with Crippen molar-refractivity contribution in [1.29, 1.82) is 0 Å². The number of halogens is 1. The topological polar surface area (TPSA) is 37.4 Å². The molecule has 0 spiro atoms. The van der Waals surface area contributed by atoms with Crippen molar-refractivity contribution in [3.63, 3.8) is 0 Å². The van der Waals surface area contributed by atoms with E-state index in [0.717, 1.165) is 11.1 Å². The average Bonchev–Trinajstić information content (AvgIpc) is 2.44. The molecule has 0 aliphatic heterocycles. The normalized spacial score (nSPS) is 11.8. The molecule has 0 saturated heterocycles. The summed E-state index contributed by atoms with van der Waals surface area (Å²) in [5.74, 6) is 0. The molecule has 0 aromatic heterocycles. The number of sulfonamides is 1. The molecular formula is C16H18ClNO2S. The standard InChI is InChI=1S/C16H18ClNO2S/c1-13-10-15(17)12-16(11-13)21(19,20)18(2)9-8-14-6-4-3-5-7-14/h3-7,10-12H,8-9H2,1-2H3. The van der Waals surface area contributed by atoms with Crippen LogP contribution in [0.3, 0.4) is 0 Å². The first-order valence-corrected chi connectivity index (χ1v) is 8.49. The van der Waals surface area contributed by atoms with Crippen LogP contribution in [0.5, 0.6) is 0 Å². The monoisotopic (exact) mass is 323 g/mol. The smallest absolute Gasteiger partial charge is 0.207 e. The third kappa shape index (κ3) is 4.06. The molecule has 21 heavy (non-hydrogen) atoms. The molecule has 0 fully saturated rings. The van der Waals surface area contributed by atoms with Gasteiger partial charge in [0.1, 0.15) is 0 Å². The molecule has 2 rings (SSSR count). The molecular weight excluding hydrogens is 306 g/mol. The van der Waals surface area contributed by atoms with E-state index in [1.165, 1.54) is 10.4 Å². The summed E-state index contributed by atoms with van der Waals surface area (Å²) < 4.78 is 26.4. The van der Waals surface area contributed by atoms with E-state index in [9.17, 15) is 8.42 Å². The summed E-state index contributed by atoms with van der Waals surface area (Å²) in [4.78, 5) is 0.239. The second-order valence-corrected chi connectivity index (χ2v) is 7.51. The number of hydrogen-bond donors (Lipinski definition) is 0. The highest BCUT2D eigenvalue weighted by Gasteiger charge is 2.21.